The van der Waals surface area contributed by atoms with Crippen molar-refractivity contribution in [3.8, 4) is 0 Å². The topological polar surface area (TPSA) is 114 Å². The number of carbonyl (C=O) groups excluding carboxylic acids is 2. The van der Waals surface area contributed by atoms with Gasteiger partial charge in [0.15, 0.2) is 5.82 Å². The third-order valence-corrected chi connectivity index (χ3v) is 5.58. The maximum atomic E-state index is 13.1. The van der Waals surface area contributed by atoms with Gasteiger partial charge in [0.1, 0.15) is 11.9 Å². The average Bonchev–Trinajstić information content (AvgIpc) is 3.23. The number of nitrogens with zero attached hydrogens (tertiary/aromatic N) is 5. The van der Waals surface area contributed by atoms with Crippen molar-refractivity contribution in [2.24, 2.45) is 5.92 Å². The van der Waals surface area contributed by atoms with Gasteiger partial charge in [-0.2, -0.15) is 0 Å². The molecule has 3 heterocycles. The quantitative estimate of drug-likeness (QED) is 0.682. The predicted molar refractivity (Wildman–Crippen MR) is 108 cm³/mol. The minimum absolute atomic E-state index is 0.125. The first kappa shape index (κ1) is 20.6. The van der Waals surface area contributed by atoms with Gasteiger partial charge in [-0.15, -0.1) is 10.2 Å². The normalized spacial score (nSPS) is 20.8. The van der Waals surface area contributed by atoms with Crippen LogP contribution in [0.1, 0.15) is 47.6 Å². The van der Waals surface area contributed by atoms with E-state index in [0.717, 1.165) is 5.56 Å². The van der Waals surface area contributed by atoms with Crippen LogP contribution >= 0.6 is 0 Å². The molecular formula is C21H21FN6O3. The van der Waals surface area contributed by atoms with Gasteiger partial charge in [-0.3, -0.25) is 19.5 Å². The summed E-state index contributed by atoms with van der Waals surface area (Å²) in [5.41, 5.74) is 1.46. The fraction of sp³-hybridized carbons (Fsp3) is 0.333. The Morgan fingerprint density at radius 3 is 2.61 bits per heavy atom. The lowest BCUT2D eigenvalue weighted by Gasteiger charge is -2.25. The van der Waals surface area contributed by atoms with Crippen molar-refractivity contribution in [2.75, 3.05) is 11.9 Å². The number of fused-ring (bicyclic) bond motifs is 1. The number of rotatable bonds is 4. The number of benzene rings is 1. The molecule has 2 amide bonds. The van der Waals surface area contributed by atoms with Crippen LogP contribution in [0.2, 0.25) is 0 Å². The van der Waals surface area contributed by atoms with Gasteiger partial charge in [0.25, 0.3) is 5.91 Å². The smallest absolute Gasteiger partial charge is 0.309 e. The van der Waals surface area contributed by atoms with E-state index < -0.39 is 11.9 Å². The van der Waals surface area contributed by atoms with Crippen molar-refractivity contribution in [1.82, 2.24) is 25.5 Å². The zero-order valence-electron chi connectivity index (χ0n) is 17.2. The summed E-state index contributed by atoms with van der Waals surface area (Å²) in [5.74, 6) is -1.23. The number of halogens is 1. The Balaban J connectivity index is 1.51. The van der Waals surface area contributed by atoms with Crippen LogP contribution in [0.3, 0.4) is 0 Å². The van der Waals surface area contributed by atoms with Crippen LogP contribution in [0.4, 0.5) is 10.2 Å². The van der Waals surface area contributed by atoms with Crippen molar-refractivity contribution < 1.29 is 18.4 Å². The monoisotopic (exact) mass is 424 g/mol. The first-order valence-corrected chi connectivity index (χ1v) is 9.81. The Kier molecular flexibility index (Phi) is 5.45. The molecule has 0 fully saturated rings. The third kappa shape index (κ3) is 4.00. The summed E-state index contributed by atoms with van der Waals surface area (Å²) >= 11 is 0. The highest BCUT2D eigenvalue weighted by molar-refractivity contribution is 6.01. The highest BCUT2D eigenvalue weighted by Gasteiger charge is 2.40. The van der Waals surface area contributed by atoms with Gasteiger partial charge in [-0.05, 0) is 23.6 Å². The van der Waals surface area contributed by atoms with Gasteiger partial charge < -0.3 is 9.73 Å². The average molecular weight is 424 g/mol. The number of hydrogen-bond acceptors (Lipinski definition) is 7. The van der Waals surface area contributed by atoms with E-state index in [4.69, 9.17) is 4.42 Å². The molecule has 1 aromatic carbocycles. The van der Waals surface area contributed by atoms with E-state index in [9.17, 15) is 14.0 Å². The summed E-state index contributed by atoms with van der Waals surface area (Å²) in [4.78, 5) is 35.9. The van der Waals surface area contributed by atoms with Crippen molar-refractivity contribution in [2.45, 2.75) is 32.2 Å². The number of nitrogens with one attached hydrogen (secondary N) is 1. The van der Waals surface area contributed by atoms with Gasteiger partial charge in [0.2, 0.25) is 5.89 Å². The lowest BCUT2D eigenvalue weighted by Crippen LogP contribution is -2.50. The first-order valence-electron chi connectivity index (χ1n) is 9.81. The van der Waals surface area contributed by atoms with Crippen molar-refractivity contribution in [3.63, 3.8) is 0 Å². The van der Waals surface area contributed by atoms with E-state index in [0.29, 0.717) is 11.5 Å². The van der Waals surface area contributed by atoms with E-state index >= 15 is 0 Å². The van der Waals surface area contributed by atoms with Crippen molar-refractivity contribution >= 4 is 17.6 Å². The molecular weight excluding hydrogens is 403 g/mol. The molecule has 160 valence electrons. The lowest BCUT2D eigenvalue weighted by atomic mass is 9.87. The van der Waals surface area contributed by atoms with Crippen LogP contribution in [0.15, 0.2) is 41.1 Å². The van der Waals surface area contributed by atoms with E-state index in [1.54, 1.807) is 25.4 Å². The molecule has 31 heavy (non-hydrogen) atoms. The second-order valence-electron chi connectivity index (χ2n) is 7.57. The van der Waals surface area contributed by atoms with Crippen molar-refractivity contribution in [3.05, 3.63) is 65.5 Å². The highest BCUT2D eigenvalue weighted by Crippen LogP contribution is 2.34. The standard InChI is InChI=1S/C21H21FN6O3/c1-11-12(2)17(21(30)28(3)18-16(11)23-8-9-24-18)25-19(29)20-27-26-15(31-20)10-13-4-6-14(22)7-5-13/h4-9,11-12,17H,10H2,1-3H3,(H,25,29)/t11-,12+,17+/m1/s1. The fourth-order valence-corrected chi connectivity index (χ4v) is 3.59. The van der Waals surface area contributed by atoms with Crippen LogP contribution in [-0.2, 0) is 11.2 Å². The SMILES string of the molecule is C[C@@H]1[C@H](NC(=O)c2nnc(Cc3ccc(F)cc3)o2)C(=O)N(C)c2nccnc2[C@@H]1C. The van der Waals surface area contributed by atoms with Gasteiger partial charge in [0.05, 0.1) is 12.1 Å². The Morgan fingerprint density at radius 2 is 1.87 bits per heavy atom. The zero-order chi connectivity index (χ0) is 22.1. The summed E-state index contributed by atoms with van der Waals surface area (Å²) < 4.78 is 18.5. The lowest BCUT2D eigenvalue weighted by molar-refractivity contribution is -0.121. The minimum atomic E-state index is -0.823. The molecule has 0 spiro atoms. The molecule has 9 nitrogen and oxygen atoms in total. The minimum Gasteiger partial charge on any atom is -0.417 e. The number of anilines is 1. The zero-order valence-corrected chi connectivity index (χ0v) is 17.2. The van der Waals surface area contributed by atoms with E-state index in [1.807, 2.05) is 13.8 Å². The van der Waals surface area contributed by atoms with Crippen LogP contribution in [0, 0.1) is 11.7 Å². The van der Waals surface area contributed by atoms with Gasteiger partial charge in [-0.25, -0.2) is 9.37 Å². The molecule has 1 N–H and O–H groups in total. The summed E-state index contributed by atoms with van der Waals surface area (Å²) in [7, 11) is 1.60. The Bertz CT molecular complexity index is 1120. The molecule has 0 saturated carbocycles. The molecule has 0 bridgehead atoms. The Morgan fingerprint density at radius 1 is 1.16 bits per heavy atom. The molecule has 0 aliphatic carbocycles. The first-order chi connectivity index (χ1) is 14.8. The predicted octanol–water partition coefficient (Wildman–Crippen LogP) is 2.10. The number of amides is 2. The second kappa shape index (κ2) is 8.21. The summed E-state index contributed by atoms with van der Waals surface area (Å²) in [6, 6.07) is 5.04. The number of aromatic nitrogens is 4. The number of carbonyl (C=O) groups is 2. The highest BCUT2D eigenvalue weighted by atomic mass is 19.1. The van der Waals surface area contributed by atoms with E-state index in [-0.39, 0.29) is 41.8 Å². The molecule has 3 atom stereocenters. The molecule has 1 aliphatic rings. The van der Waals surface area contributed by atoms with E-state index in [1.165, 1.54) is 23.2 Å². The number of likely N-dealkylation sites (N-methyl/N-ethyl adjacent to an activating group) is 1. The van der Waals surface area contributed by atoms with Crippen LogP contribution in [-0.4, -0.2) is 45.1 Å². The van der Waals surface area contributed by atoms with Crippen molar-refractivity contribution in [1.29, 1.82) is 0 Å². The molecule has 2 aromatic heterocycles. The maximum Gasteiger partial charge on any atom is 0.309 e. The molecule has 0 unspecified atom stereocenters. The molecule has 1 aliphatic heterocycles. The second-order valence-corrected chi connectivity index (χ2v) is 7.57. The van der Waals surface area contributed by atoms with Gasteiger partial charge in [-0.1, -0.05) is 26.0 Å². The van der Waals surface area contributed by atoms with Crippen LogP contribution < -0.4 is 10.2 Å². The summed E-state index contributed by atoms with van der Waals surface area (Å²) in [6.07, 6.45) is 3.37. The van der Waals surface area contributed by atoms with E-state index in [2.05, 4.69) is 25.5 Å². The largest absolute Gasteiger partial charge is 0.417 e. The third-order valence-electron chi connectivity index (χ3n) is 5.58. The summed E-state index contributed by atoms with van der Waals surface area (Å²) in [6.45, 7) is 3.82. The van der Waals surface area contributed by atoms with Crippen LogP contribution in [0.5, 0.6) is 0 Å². The Labute approximate surface area is 177 Å². The fourth-order valence-electron chi connectivity index (χ4n) is 3.59. The molecule has 0 radical (unpaired) electrons. The molecule has 3 aromatic rings. The molecule has 4 rings (SSSR count). The summed E-state index contributed by atoms with van der Waals surface area (Å²) in [5, 5.41) is 10.4. The van der Waals surface area contributed by atoms with Gasteiger partial charge in [0, 0.05) is 25.4 Å². The maximum absolute atomic E-state index is 13.1. The Hall–Kier alpha value is -3.69. The molecule has 0 saturated heterocycles. The van der Waals surface area contributed by atoms with Crippen LogP contribution in [0.25, 0.3) is 0 Å². The molecule has 10 heteroatoms. The number of hydrogen-bond donors (Lipinski definition) is 1. The van der Waals surface area contributed by atoms with Gasteiger partial charge >= 0.3 is 11.8 Å².